The topological polar surface area (TPSA) is 48.9 Å². The van der Waals surface area contributed by atoms with Crippen molar-refractivity contribution >= 4 is 23.2 Å². The number of hydrogen-bond acceptors (Lipinski definition) is 2. The van der Waals surface area contributed by atoms with E-state index in [9.17, 15) is 0 Å². The molecule has 2 N–H and O–H groups in total. The fourth-order valence-electron chi connectivity index (χ4n) is 1.54. The molecule has 84 valence electrons. The van der Waals surface area contributed by atoms with E-state index in [2.05, 4.69) is 9.97 Å². The molecule has 0 saturated carbocycles. The number of nitrogens with one attached hydrogen (secondary N) is 1. The molecule has 0 saturated heterocycles. The van der Waals surface area contributed by atoms with Crippen LogP contribution >= 0.6 is 23.2 Å². The van der Waals surface area contributed by atoms with Gasteiger partial charge in [-0.1, -0.05) is 23.2 Å². The summed E-state index contributed by atoms with van der Waals surface area (Å²) in [5.74, 6) is 0.526. The van der Waals surface area contributed by atoms with Crippen LogP contribution in [0.2, 0.25) is 10.0 Å². The lowest BCUT2D eigenvalue weighted by Crippen LogP contribution is -1.85. The quantitative estimate of drug-likeness (QED) is 0.867. The minimum absolute atomic E-state index is 0.119. The first-order valence-electron chi connectivity index (χ1n) is 4.73. The van der Waals surface area contributed by atoms with Crippen molar-refractivity contribution in [3.05, 3.63) is 39.8 Å². The summed E-state index contributed by atoms with van der Waals surface area (Å²) >= 11 is 11.9. The molecule has 1 heterocycles. The number of rotatable bonds is 2. The molecular weight excluding hydrogens is 247 g/mol. The number of aliphatic hydroxyl groups excluding tert-OH is 1. The van der Waals surface area contributed by atoms with E-state index in [0.29, 0.717) is 15.9 Å². The van der Waals surface area contributed by atoms with E-state index in [-0.39, 0.29) is 6.61 Å². The number of H-pyrrole nitrogens is 1. The summed E-state index contributed by atoms with van der Waals surface area (Å²) < 4.78 is 0. The van der Waals surface area contributed by atoms with E-state index < -0.39 is 0 Å². The van der Waals surface area contributed by atoms with Gasteiger partial charge in [-0.3, -0.25) is 0 Å². The van der Waals surface area contributed by atoms with Crippen molar-refractivity contribution in [2.45, 2.75) is 13.5 Å². The number of aromatic amines is 1. The van der Waals surface area contributed by atoms with E-state index in [4.69, 9.17) is 28.3 Å². The molecule has 1 aromatic heterocycles. The van der Waals surface area contributed by atoms with Crippen molar-refractivity contribution in [1.29, 1.82) is 0 Å². The summed E-state index contributed by atoms with van der Waals surface area (Å²) in [5, 5.41) is 10.1. The Kier molecular flexibility index (Phi) is 3.19. The highest BCUT2D eigenvalue weighted by Gasteiger charge is 2.11. The Labute approximate surface area is 103 Å². The molecule has 3 nitrogen and oxygen atoms in total. The van der Waals surface area contributed by atoms with E-state index in [0.717, 1.165) is 17.0 Å². The Balaban J connectivity index is 2.53. The normalized spacial score (nSPS) is 10.8. The van der Waals surface area contributed by atoms with Gasteiger partial charge < -0.3 is 10.1 Å². The highest BCUT2D eigenvalue weighted by Crippen LogP contribution is 2.30. The summed E-state index contributed by atoms with van der Waals surface area (Å²) in [5.41, 5.74) is 2.42. The summed E-state index contributed by atoms with van der Waals surface area (Å²) in [6, 6.07) is 5.25. The lowest BCUT2D eigenvalue weighted by molar-refractivity contribution is 0.272. The molecule has 0 spiro atoms. The molecule has 2 rings (SSSR count). The number of hydrogen-bond donors (Lipinski definition) is 2. The zero-order valence-corrected chi connectivity index (χ0v) is 10.1. The van der Waals surface area contributed by atoms with Crippen LogP contribution in [0.25, 0.3) is 11.3 Å². The van der Waals surface area contributed by atoms with Gasteiger partial charge in [-0.15, -0.1) is 0 Å². The first-order chi connectivity index (χ1) is 7.61. The predicted molar refractivity (Wildman–Crippen MR) is 64.7 cm³/mol. The van der Waals surface area contributed by atoms with Gasteiger partial charge in [-0.2, -0.15) is 0 Å². The van der Waals surface area contributed by atoms with Crippen molar-refractivity contribution in [1.82, 2.24) is 9.97 Å². The molecule has 0 aliphatic rings. The fourth-order valence-corrected chi connectivity index (χ4v) is 2.04. The lowest BCUT2D eigenvalue weighted by Gasteiger charge is -2.02. The number of aryl methyl sites for hydroxylation is 1. The van der Waals surface area contributed by atoms with Gasteiger partial charge in [0.1, 0.15) is 12.4 Å². The Bertz CT molecular complexity index is 523. The van der Waals surface area contributed by atoms with Crippen molar-refractivity contribution < 1.29 is 5.11 Å². The number of nitrogens with zero attached hydrogens (tertiary/aromatic N) is 1. The standard InChI is InChI=1S/C11H10Cl2N2O/c1-6-11(15-10(5-16)14-6)8-3-2-7(12)4-9(8)13/h2-4,16H,5H2,1H3,(H,14,15). The first-order valence-corrected chi connectivity index (χ1v) is 5.49. The summed E-state index contributed by atoms with van der Waals surface area (Å²) in [6.45, 7) is 1.76. The first kappa shape index (κ1) is 11.5. The van der Waals surface area contributed by atoms with Crippen molar-refractivity contribution in [2.75, 3.05) is 0 Å². The smallest absolute Gasteiger partial charge is 0.132 e. The molecule has 0 unspecified atom stereocenters. The number of aliphatic hydroxyl groups is 1. The van der Waals surface area contributed by atoms with Crippen LogP contribution in [0.3, 0.4) is 0 Å². The Morgan fingerprint density at radius 2 is 2.12 bits per heavy atom. The lowest BCUT2D eigenvalue weighted by atomic mass is 10.1. The zero-order valence-electron chi connectivity index (χ0n) is 8.59. The third kappa shape index (κ3) is 2.07. The van der Waals surface area contributed by atoms with Crippen molar-refractivity contribution in [3.8, 4) is 11.3 Å². The summed E-state index contributed by atoms with van der Waals surface area (Å²) in [4.78, 5) is 7.24. The summed E-state index contributed by atoms with van der Waals surface area (Å²) in [7, 11) is 0. The molecule has 0 aliphatic carbocycles. The van der Waals surface area contributed by atoms with Crippen molar-refractivity contribution in [2.24, 2.45) is 0 Å². The van der Waals surface area contributed by atoms with Gasteiger partial charge in [0.25, 0.3) is 0 Å². The summed E-state index contributed by atoms with van der Waals surface area (Å²) in [6.07, 6.45) is 0. The van der Waals surface area contributed by atoms with E-state index >= 15 is 0 Å². The van der Waals surface area contributed by atoms with Crippen LogP contribution in [-0.2, 0) is 6.61 Å². The van der Waals surface area contributed by atoms with E-state index in [1.54, 1.807) is 12.1 Å². The molecule has 0 bridgehead atoms. The van der Waals surface area contributed by atoms with E-state index in [1.165, 1.54) is 0 Å². The average molecular weight is 257 g/mol. The second-order valence-electron chi connectivity index (χ2n) is 3.44. The Morgan fingerprint density at radius 1 is 1.38 bits per heavy atom. The van der Waals surface area contributed by atoms with Gasteiger partial charge in [0.15, 0.2) is 0 Å². The highest BCUT2D eigenvalue weighted by molar-refractivity contribution is 6.36. The Morgan fingerprint density at radius 3 is 2.69 bits per heavy atom. The molecule has 5 heteroatoms. The minimum atomic E-state index is -0.119. The van der Waals surface area contributed by atoms with E-state index in [1.807, 2.05) is 13.0 Å². The van der Waals surface area contributed by atoms with Gasteiger partial charge in [0.2, 0.25) is 0 Å². The van der Waals surface area contributed by atoms with Crippen LogP contribution in [0, 0.1) is 6.92 Å². The van der Waals surface area contributed by atoms with Gasteiger partial charge in [-0.25, -0.2) is 4.98 Å². The predicted octanol–water partition coefficient (Wildman–Crippen LogP) is 3.18. The van der Waals surface area contributed by atoms with Gasteiger partial charge in [0, 0.05) is 16.3 Å². The zero-order chi connectivity index (χ0) is 11.7. The van der Waals surface area contributed by atoms with Crippen LogP contribution in [0.5, 0.6) is 0 Å². The molecule has 0 radical (unpaired) electrons. The molecular formula is C11H10Cl2N2O. The molecule has 0 fully saturated rings. The third-order valence-electron chi connectivity index (χ3n) is 2.27. The second-order valence-corrected chi connectivity index (χ2v) is 4.28. The highest BCUT2D eigenvalue weighted by atomic mass is 35.5. The number of imidazole rings is 1. The second kappa shape index (κ2) is 4.45. The molecule has 1 aromatic carbocycles. The van der Waals surface area contributed by atoms with Gasteiger partial charge in [-0.05, 0) is 25.1 Å². The maximum atomic E-state index is 8.99. The average Bonchev–Trinajstić information content (AvgIpc) is 2.60. The molecule has 2 aromatic rings. The van der Waals surface area contributed by atoms with Gasteiger partial charge in [0.05, 0.1) is 10.7 Å². The molecule has 0 aliphatic heterocycles. The van der Waals surface area contributed by atoms with Crippen LogP contribution in [0.15, 0.2) is 18.2 Å². The SMILES string of the molecule is Cc1[nH]c(CO)nc1-c1ccc(Cl)cc1Cl. The molecule has 0 atom stereocenters. The molecule has 16 heavy (non-hydrogen) atoms. The molecule has 0 amide bonds. The fraction of sp³-hybridized carbons (Fsp3) is 0.182. The largest absolute Gasteiger partial charge is 0.388 e. The van der Waals surface area contributed by atoms with Gasteiger partial charge >= 0.3 is 0 Å². The maximum Gasteiger partial charge on any atom is 0.132 e. The van der Waals surface area contributed by atoms with Crippen molar-refractivity contribution in [3.63, 3.8) is 0 Å². The number of aromatic nitrogens is 2. The third-order valence-corrected chi connectivity index (χ3v) is 2.82. The maximum absolute atomic E-state index is 8.99. The van der Waals surface area contributed by atoms with Crippen LogP contribution < -0.4 is 0 Å². The van der Waals surface area contributed by atoms with Crippen LogP contribution in [0.4, 0.5) is 0 Å². The van der Waals surface area contributed by atoms with Crippen LogP contribution in [0.1, 0.15) is 11.5 Å². The number of benzene rings is 1. The van der Waals surface area contributed by atoms with Crippen LogP contribution in [-0.4, -0.2) is 15.1 Å². The number of halogens is 2. The monoisotopic (exact) mass is 256 g/mol. The minimum Gasteiger partial charge on any atom is -0.388 e. The Hall–Kier alpha value is -1.03.